The zero-order valence-electron chi connectivity index (χ0n) is 7.65. The van der Waals surface area contributed by atoms with Crippen molar-refractivity contribution in [2.45, 2.75) is 5.92 Å². The van der Waals surface area contributed by atoms with E-state index < -0.39 is 5.92 Å². The molecule has 0 bridgehead atoms. The lowest BCUT2D eigenvalue weighted by atomic mass is 10.1. The summed E-state index contributed by atoms with van der Waals surface area (Å²) < 4.78 is 2.31. The molecule has 5 heteroatoms. The van der Waals surface area contributed by atoms with E-state index in [4.69, 9.17) is 0 Å². The Kier molecular flexibility index (Phi) is 1.90. The third-order valence-electron chi connectivity index (χ3n) is 2.46. The Morgan fingerprint density at radius 3 is 2.87 bits per heavy atom. The molecule has 0 aromatic carbocycles. The molecule has 76 valence electrons. The van der Waals surface area contributed by atoms with Crippen molar-refractivity contribution in [1.29, 1.82) is 0 Å². The first-order valence-corrected chi connectivity index (χ1v) is 6.22. The molecule has 1 saturated heterocycles. The van der Waals surface area contributed by atoms with Gasteiger partial charge in [-0.1, -0.05) is 0 Å². The van der Waals surface area contributed by atoms with E-state index in [1.807, 2.05) is 17.5 Å². The molecule has 0 saturated carbocycles. The average molecular weight is 237 g/mol. The second kappa shape index (κ2) is 3.15. The number of Topliss-reactive ketones (excluding diaryl/α,β-unsaturated/α-hetero) is 1. The Labute approximate surface area is 93.7 Å². The molecule has 1 aliphatic rings. The van der Waals surface area contributed by atoms with Crippen LogP contribution >= 0.6 is 22.7 Å². The van der Waals surface area contributed by atoms with E-state index in [9.17, 15) is 9.59 Å². The van der Waals surface area contributed by atoms with E-state index in [1.54, 1.807) is 11.3 Å². The first-order chi connectivity index (χ1) is 7.25. The van der Waals surface area contributed by atoms with Crippen LogP contribution in [0.25, 0.3) is 9.40 Å². The van der Waals surface area contributed by atoms with Gasteiger partial charge in [-0.05, 0) is 17.5 Å². The van der Waals surface area contributed by atoms with Crippen molar-refractivity contribution in [3.05, 3.63) is 22.4 Å². The van der Waals surface area contributed by atoms with Crippen LogP contribution in [0.1, 0.15) is 10.8 Å². The summed E-state index contributed by atoms with van der Waals surface area (Å²) in [5, 5.41) is 4.59. The highest BCUT2D eigenvalue weighted by Crippen LogP contribution is 2.35. The van der Waals surface area contributed by atoms with Gasteiger partial charge in [0.2, 0.25) is 5.91 Å². The number of fused-ring (bicyclic) bond motifs is 1. The van der Waals surface area contributed by atoms with Crippen LogP contribution in [0.15, 0.2) is 17.5 Å². The quantitative estimate of drug-likeness (QED) is 0.768. The first-order valence-electron chi connectivity index (χ1n) is 4.53. The zero-order chi connectivity index (χ0) is 10.4. The minimum atomic E-state index is -0.561. The van der Waals surface area contributed by atoms with Crippen molar-refractivity contribution < 1.29 is 9.59 Å². The standard InChI is InChI=1S/C10H7NO2S2/c12-5-4-11-10(13)9(5)8-3-7-6(15-8)1-2-14-7/h1-3,9H,4H2,(H,11,13). The third-order valence-corrected chi connectivity index (χ3v) is 4.62. The van der Waals surface area contributed by atoms with Gasteiger partial charge in [0.05, 0.1) is 6.54 Å². The summed E-state index contributed by atoms with van der Waals surface area (Å²) in [6, 6.07) is 3.98. The van der Waals surface area contributed by atoms with Crippen molar-refractivity contribution in [1.82, 2.24) is 5.32 Å². The Balaban J connectivity index is 2.09. The Morgan fingerprint density at radius 1 is 1.33 bits per heavy atom. The fourth-order valence-corrected chi connectivity index (χ4v) is 3.98. The van der Waals surface area contributed by atoms with Gasteiger partial charge < -0.3 is 5.32 Å². The molecule has 0 aliphatic carbocycles. The number of carbonyl (C=O) groups is 2. The van der Waals surface area contributed by atoms with Gasteiger partial charge in [-0.3, -0.25) is 9.59 Å². The van der Waals surface area contributed by atoms with Gasteiger partial charge in [0.25, 0.3) is 0 Å². The molecule has 1 aliphatic heterocycles. The lowest BCUT2D eigenvalue weighted by molar-refractivity contribution is -0.124. The van der Waals surface area contributed by atoms with E-state index >= 15 is 0 Å². The fourth-order valence-electron chi connectivity index (χ4n) is 1.74. The lowest BCUT2D eigenvalue weighted by Gasteiger charge is -1.99. The van der Waals surface area contributed by atoms with Gasteiger partial charge in [0.1, 0.15) is 5.92 Å². The van der Waals surface area contributed by atoms with Gasteiger partial charge in [0.15, 0.2) is 5.78 Å². The molecule has 3 nitrogen and oxygen atoms in total. The number of nitrogens with one attached hydrogen (secondary N) is 1. The van der Waals surface area contributed by atoms with E-state index in [0.717, 1.165) is 14.3 Å². The highest BCUT2D eigenvalue weighted by atomic mass is 32.1. The number of hydrogen-bond acceptors (Lipinski definition) is 4. The van der Waals surface area contributed by atoms with Crippen LogP contribution in [-0.2, 0) is 9.59 Å². The maximum atomic E-state index is 11.5. The SMILES string of the molecule is O=C1CNC(=O)C1c1cc2sccc2s1. The monoisotopic (exact) mass is 237 g/mol. The minimum Gasteiger partial charge on any atom is -0.348 e. The minimum absolute atomic E-state index is 0.0195. The maximum Gasteiger partial charge on any atom is 0.236 e. The molecule has 1 atom stereocenters. The fraction of sp³-hybridized carbons (Fsp3) is 0.200. The predicted octanol–water partition coefficient (Wildman–Crippen LogP) is 1.75. The first kappa shape index (κ1) is 9.06. The largest absolute Gasteiger partial charge is 0.348 e. The molecular weight excluding hydrogens is 230 g/mol. The topological polar surface area (TPSA) is 46.2 Å². The van der Waals surface area contributed by atoms with Crippen LogP contribution in [0.4, 0.5) is 0 Å². The molecule has 3 rings (SSSR count). The summed E-state index contributed by atoms with van der Waals surface area (Å²) in [5.74, 6) is -0.739. The van der Waals surface area contributed by atoms with Gasteiger partial charge in [0, 0.05) is 14.3 Å². The van der Waals surface area contributed by atoms with Crippen molar-refractivity contribution in [3.8, 4) is 0 Å². The van der Waals surface area contributed by atoms with Crippen molar-refractivity contribution in [2.24, 2.45) is 0 Å². The average Bonchev–Trinajstić information content (AvgIpc) is 2.80. The molecule has 2 aromatic heterocycles. The highest BCUT2D eigenvalue weighted by Gasteiger charge is 2.35. The van der Waals surface area contributed by atoms with E-state index in [1.165, 1.54) is 11.3 Å². The van der Waals surface area contributed by atoms with Crippen LogP contribution in [-0.4, -0.2) is 18.2 Å². The lowest BCUT2D eigenvalue weighted by Crippen LogP contribution is -2.17. The summed E-state index contributed by atoms with van der Waals surface area (Å²) in [4.78, 5) is 23.8. The Morgan fingerprint density at radius 2 is 2.20 bits per heavy atom. The summed E-state index contributed by atoms with van der Waals surface area (Å²) >= 11 is 3.17. The molecule has 3 heterocycles. The number of hydrogen-bond donors (Lipinski definition) is 1. The van der Waals surface area contributed by atoms with Crippen molar-refractivity contribution in [3.63, 3.8) is 0 Å². The summed E-state index contributed by atoms with van der Waals surface area (Å²) in [5.41, 5.74) is 0. The normalized spacial score (nSPS) is 21.2. The van der Waals surface area contributed by atoms with Crippen LogP contribution in [0.5, 0.6) is 0 Å². The summed E-state index contributed by atoms with van der Waals surface area (Å²) in [6.07, 6.45) is 0. The van der Waals surface area contributed by atoms with Crippen molar-refractivity contribution in [2.75, 3.05) is 6.54 Å². The second-order valence-electron chi connectivity index (χ2n) is 3.42. The van der Waals surface area contributed by atoms with Crippen LogP contribution in [0.3, 0.4) is 0 Å². The molecular formula is C10H7NO2S2. The van der Waals surface area contributed by atoms with E-state index in [2.05, 4.69) is 5.32 Å². The second-order valence-corrected chi connectivity index (χ2v) is 5.48. The Bertz CT molecular complexity index is 510. The number of rotatable bonds is 1. The van der Waals surface area contributed by atoms with Gasteiger partial charge in [-0.15, -0.1) is 22.7 Å². The summed E-state index contributed by atoms with van der Waals surface area (Å²) in [7, 11) is 0. The number of carbonyl (C=O) groups excluding carboxylic acids is 2. The molecule has 1 fully saturated rings. The molecule has 1 unspecified atom stereocenters. The van der Waals surface area contributed by atoms with E-state index in [-0.39, 0.29) is 18.2 Å². The number of thiophene rings is 2. The van der Waals surface area contributed by atoms with Gasteiger partial charge >= 0.3 is 0 Å². The predicted molar refractivity (Wildman–Crippen MR) is 60.5 cm³/mol. The van der Waals surface area contributed by atoms with Gasteiger partial charge in [-0.2, -0.15) is 0 Å². The smallest absolute Gasteiger partial charge is 0.236 e. The number of ketones is 1. The molecule has 1 amide bonds. The van der Waals surface area contributed by atoms with Crippen LogP contribution in [0, 0.1) is 0 Å². The number of amides is 1. The molecule has 2 aromatic rings. The van der Waals surface area contributed by atoms with Crippen LogP contribution in [0.2, 0.25) is 0 Å². The van der Waals surface area contributed by atoms with Crippen LogP contribution < -0.4 is 5.32 Å². The van der Waals surface area contributed by atoms with Crippen molar-refractivity contribution >= 4 is 43.8 Å². The maximum absolute atomic E-state index is 11.5. The van der Waals surface area contributed by atoms with E-state index in [0.29, 0.717) is 0 Å². The molecule has 15 heavy (non-hydrogen) atoms. The molecule has 0 radical (unpaired) electrons. The Hall–Kier alpha value is -1.20. The zero-order valence-corrected chi connectivity index (χ0v) is 9.28. The summed E-state index contributed by atoms with van der Waals surface area (Å²) in [6.45, 7) is 0.176. The third kappa shape index (κ3) is 1.31. The molecule has 0 spiro atoms. The highest BCUT2D eigenvalue weighted by molar-refractivity contribution is 7.27. The molecule has 1 N–H and O–H groups in total. The van der Waals surface area contributed by atoms with Gasteiger partial charge in [-0.25, -0.2) is 0 Å².